The van der Waals surface area contributed by atoms with Crippen molar-refractivity contribution in [3.63, 3.8) is 0 Å². The summed E-state index contributed by atoms with van der Waals surface area (Å²) in [6.45, 7) is 0. The summed E-state index contributed by atoms with van der Waals surface area (Å²) in [7, 11) is 0. The first-order valence-corrected chi connectivity index (χ1v) is 25.8. The molecule has 0 N–H and O–H groups in total. The lowest BCUT2D eigenvalue weighted by atomic mass is 9.94. The van der Waals surface area contributed by atoms with E-state index in [2.05, 4.69) is 289 Å². The van der Waals surface area contributed by atoms with Crippen molar-refractivity contribution in [3.05, 3.63) is 279 Å². The number of hydrogen-bond acceptors (Lipinski definition) is 2. The average molecular weight is 947 g/mol. The van der Waals surface area contributed by atoms with E-state index in [1.807, 2.05) is 11.3 Å². The van der Waals surface area contributed by atoms with Gasteiger partial charge in [0, 0.05) is 43.2 Å². The highest BCUT2D eigenvalue weighted by molar-refractivity contribution is 7.26. The summed E-state index contributed by atoms with van der Waals surface area (Å²) in [6.07, 6.45) is 0. The summed E-state index contributed by atoms with van der Waals surface area (Å²) < 4.78 is 5.09. The molecule has 2 nitrogen and oxygen atoms in total. The van der Waals surface area contributed by atoms with Gasteiger partial charge in [-0.05, 0) is 122 Å². The Hall–Kier alpha value is -9.28. The summed E-state index contributed by atoms with van der Waals surface area (Å²) in [5, 5.41) is 7.62. The summed E-state index contributed by atoms with van der Waals surface area (Å²) in [5.41, 5.74) is 18.8. The zero-order valence-electron chi connectivity index (χ0n) is 39.9. The van der Waals surface area contributed by atoms with Crippen molar-refractivity contribution in [1.82, 2.24) is 4.57 Å². The Morgan fingerprint density at radius 2 is 0.795 bits per heavy atom. The molecule has 0 saturated carbocycles. The molecule has 0 fully saturated rings. The van der Waals surface area contributed by atoms with Crippen molar-refractivity contribution in [2.75, 3.05) is 4.90 Å². The number of aromatic nitrogens is 1. The van der Waals surface area contributed by atoms with Gasteiger partial charge in [0.2, 0.25) is 0 Å². The van der Waals surface area contributed by atoms with Gasteiger partial charge in [-0.2, -0.15) is 0 Å². The SMILES string of the molecule is c1ccc(-c2ccc(N(c3ccc(-c4ccc(-c5cccc6ccccc56)cc4)cc3)c3ccccc3-c3cccc(-c4cccc5c4c4ccccc4n5-c4cccc5c4sc4ccccc45)c3)cc2)cc1. The predicted octanol–water partition coefficient (Wildman–Crippen LogP) is 20.1. The second kappa shape index (κ2) is 17.8. The minimum Gasteiger partial charge on any atom is -0.310 e. The molecule has 0 aliphatic rings. The standard InChI is InChI=1S/C70H46N2S/c1-2-16-47(17-3-1)49-38-42-55(43-39-49)71(56-44-40-50(41-45-56)48-34-36-52(37-35-48)58-26-13-19-51-18-4-5-22-57(51)58)64-29-9-6-23-59(64)53-20-12-21-54(46-53)60-27-14-31-66-69(60)63-25-7-10-30-65(63)72(66)67-32-15-28-62-61-24-8-11-33-68(61)73-70(62)67/h1-46H. The van der Waals surface area contributed by atoms with Crippen molar-refractivity contribution in [2.24, 2.45) is 0 Å². The van der Waals surface area contributed by atoms with Crippen LogP contribution in [0.1, 0.15) is 0 Å². The molecular formula is C70H46N2S. The number of rotatable bonds is 9. The summed E-state index contributed by atoms with van der Waals surface area (Å²) >= 11 is 1.88. The van der Waals surface area contributed by atoms with Gasteiger partial charge in [-0.1, -0.05) is 218 Å². The minimum atomic E-state index is 1.08. The van der Waals surface area contributed by atoms with Gasteiger partial charge in [-0.15, -0.1) is 11.3 Å². The minimum absolute atomic E-state index is 1.08. The van der Waals surface area contributed by atoms with Gasteiger partial charge in [0.15, 0.2) is 0 Å². The maximum atomic E-state index is 2.48. The predicted molar refractivity (Wildman–Crippen MR) is 313 cm³/mol. The fraction of sp³-hybridized carbons (Fsp3) is 0. The smallest absolute Gasteiger partial charge is 0.0640 e. The first-order valence-electron chi connectivity index (χ1n) is 25.0. The lowest BCUT2D eigenvalue weighted by molar-refractivity contribution is 1.20. The Balaban J connectivity index is 0.869. The van der Waals surface area contributed by atoms with Crippen LogP contribution < -0.4 is 4.90 Å². The molecule has 0 aliphatic carbocycles. The number of benzene rings is 12. The normalized spacial score (nSPS) is 11.6. The van der Waals surface area contributed by atoms with E-state index < -0.39 is 0 Å². The Kier molecular flexibility index (Phi) is 10.4. The molecule has 2 heterocycles. The summed E-state index contributed by atoms with van der Waals surface area (Å²) in [4.78, 5) is 2.41. The fourth-order valence-electron chi connectivity index (χ4n) is 11.2. The van der Waals surface area contributed by atoms with Gasteiger partial charge in [-0.25, -0.2) is 0 Å². The third-order valence-corrected chi connectivity index (χ3v) is 15.8. The van der Waals surface area contributed by atoms with Crippen LogP contribution in [0.5, 0.6) is 0 Å². The molecule has 0 atom stereocenters. The van der Waals surface area contributed by atoms with Gasteiger partial charge < -0.3 is 9.47 Å². The largest absolute Gasteiger partial charge is 0.310 e. The van der Waals surface area contributed by atoms with E-state index in [9.17, 15) is 0 Å². The topological polar surface area (TPSA) is 8.17 Å². The van der Waals surface area contributed by atoms with Crippen LogP contribution in [-0.2, 0) is 0 Å². The number of hydrogen-bond donors (Lipinski definition) is 0. The molecular weight excluding hydrogens is 901 g/mol. The summed E-state index contributed by atoms with van der Waals surface area (Å²) in [5.74, 6) is 0. The van der Waals surface area contributed by atoms with E-state index in [1.165, 1.54) is 103 Å². The average Bonchev–Trinajstić information content (AvgIpc) is 4.02. The first-order chi connectivity index (χ1) is 36.2. The number of thiophene rings is 1. The molecule has 0 aliphatic heterocycles. The maximum absolute atomic E-state index is 2.48. The zero-order chi connectivity index (χ0) is 48.2. The molecule has 0 spiro atoms. The Morgan fingerprint density at radius 1 is 0.301 bits per heavy atom. The van der Waals surface area contributed by atoms with Gasteiger partial charge in [0.1, 0.15) is 0 Å². The second-order valence-electron chi connectivity index (χ2n) is 18.8. The van der Waals surface area contributed by atoms with E-state index in [-0.39, 0.29) is 0 Å². The van der Waals surface area contributed by atoms with Crippen LogP contribution in [0.25, 0.3) is 114 Å². The molecule has 0 saturated heterocycles. The number of fused-ring (bicyclic) bond motifs is 7. The van der Waals surface area contributed by atoms with Crippen molar-refractivity contribution in [3.8, 4) is 61.3 Å². The number of anilines is 3. The zero-order valence-corrected chi connectivity index (χ0v) is 40.7. The Morgan fingerprint density at radius 3 is 1.58 bits per heavy atom. The molecule has 0 unspecified atom stereocenters. The Labute approximate surface area is 428 Å². The highest BCUT2D eigenvalue weighted by Gasteiger charge is 2.21. The highest BCUT2D eigenvalue weighted by Crippen LogP contribution is 2.46. The number of nitrogens with zero attached hydrogens (tertiary/aromatic N) is 2. The molecule has 14 rings (SSSR count). The van der Waals surface area contributed by atoms with E-state index in [0.717, 1.165) is 28.2 Å². The van der Waals surface area contributed by atoms with Crippen LogP contribution in [-0.4, -0.2) is 4.57 Å². The summed E-state index contributed by atoms with van der Waals surface area (Å²) in [6, 6.07) is 102. The van der Waals surface area contributed by atoms with E-state index in [0.29, 0.717) is 0 Å². The third-order valence-electron chi connectivity index (χ3n) is 14.6. The molecule has 2 aromatic heterocycles. The maximum Gasteiger partial charge on any atom is 0.0640 e. The van der Waals surface area contributed by atoms with E-state index >= 15 is 0 Å². The van der Waals surface area contributed by atoms with Gasteiger partial charge in [0.05, 0.1) is 27.1 Å². The van der Waals surface area contributed by atoms with Crippen molar-refractivity contribution < 1.29 is 0 Å². The molecule has 12 aromatic carbocycles. The van der Waals surface area contributed by atoms with Crippen LogP contribution in [0, 0.1) is 0 Å². The molecule has 3 heteroatoms. The van der Waals surface area contributed by atoms with Gasteiger partial charge in [0.25, 0.3) is 0 Å². The fourth-order valence-corrected chi connectivity index (χ4v) is 12.4. The van der Waals surface area contributed by atoms with Crippen LogP contribution in [0.4, 0.5) is 17.1 Å². The van der Waals surface area contributed by atoms with Crippen LogP contribution in [0.2, 0.25) is 0 Å². The van der Waals surface area contributed by atoms with Gasteiger partial charge >= 0.3 is 0 Å². The van der Waals surface area contributed by atoms with Crippen molar-refractivity contribution in [1.29, 1.82) is 0 Å². The lowest BCUT2D eigenvalue weighted by Crippen LogP contribution is -2.11. The second-order valence-corrected chi connectivity index (χ2v) is 19.9. The third kappa shape index (κ3) is 7.40. The van der Waals surface area contributed by atoms with Gasteiger partial charge in [-0.3, -0.25) is 0 Å². The monoisotopic (exact) mass is 946 g/mol. The molecule has 14 aromatic rings. The molecule has 0 radical (unpaired) electrons. The molecule has 0 amide bonds. The molecule has 342 valence electrons. The van der Waals surface area contributed by atoms with Crippen molar-refractivity contribution in [2.45, 2.75) is 0 Å². The quantitative estimate of drug-likeness (QED) is 0.140. The molecule has 73 heavy (non-hydrogen) atoms. The first kappa shape index (κ1) is 42.6. The van der Waals surface area contributed by atoms with Crippen LogP contribution >= 0.6 is 11.3 Å². The van der Waals surface area contributed by atoms with E-state index in [1.54, 1.807) is 0 Å². The van der Waals surface area contributed by atoms with Crippen LogP contribution in [0.15, 0.2) is 279 Å². The van der Waals surface area contributed by atoms with Crippen LogP contribution in [0.3, 0.4) is 0 Å². The highest BCUT2D eigenvalue weighted by atomic mass is 32.1. The Bertz CT molecular complexity index is 4350. The van der Waals surface area contributed by atoms with E-state index in [4.69, 9.17) is 0 Å². The van der Waals surface area contributed by atoms with Crippen molar-refractivity contribution >= 4 is 81.1 Å². The lowest BCUT2D eigenvalue weighted by Gasteiger charge is -2.28. The number of para-hydroxylation sites is 2. The molecule has 0 bridgehead atoms.